The van der Waals surface area contributed by atoms with Gasteiger partial charge in [-0.3, -0.25) is 28.8 Å². The number of ether oxygens (including phenoxy) is 5. The lowest BCUT2D eigenvalue weighted by atomic mass is 9.90. The summed E-state index contributed by atoms with van der Waals surface area (Å²) in [6.45, 7) is 14.4. The number of Topliss-reactive ketones (excluding diaryl/α,β-unsaturated/α-hetero) is 1. The first kappa shape index (κ1) is 60.4. The molecule has 0 radical (unpaired) electrons. The van der Waals surface area contributed by atoms with Crippen LogP contribution in [0.3, 0.4) is 0 Å². The maximum atomic E-state index is 13.5. The van der Waals surface area contributed by atoms with Gasteiger partial charge in [0.25, 0.3) is 0 Å². The minimum absolute atomic E-state index is 0.102. The number of aliphatic hydroxyl groups excluding tert-OH is 2. The number of primary amides is 1. The number of nitrogens with one attached hydrogen (secondary N) is 5. The van der Waals surface area contributed by atoms with Crippen molar-refractivity contribution in [1.82, 2.24) is 26.6 Å². The van der Waals surface area contributed by atoms with Crippen LogP contribution >= 0.6 is 11.8 Å². The van der Waals surface area contributed by atoms with Crippen LogP contribution in [0.15, 0.2) is 0 Å². The molecule has 24 heteroatoms. The zero-order valence-electron chi connectivity index (χ0n) is 40.4. The summed E-state index contributed by atoms with van der Waals surface area (Å²) in [4.78, 5) is 113. The Morgan fingerprint density at radius 1 is 0.776 bits per heavy atom. The molecule has 1 aliphatic rings. The minimum atomic E-state index is -2.81. The Kier molecular flexibility index (Phi) is 25.8. The normalized spacial score (nSPS) is 21.3. The molecule has 0 aliphatic carbocycles. The summed E-state index contributed by atoms with van der Waals surface area (Å²) in [7, 11) is 1.07. The van der Waals surface area contributed by atoms with E-state index >= 15 is 0 Å². The highest BCUT2D eigenvalue weighted by molar-refractivity contribution is 8.14. The van der Waals surface area contributed by atoms with Crippen molar-refractivity contribution < 1.29 is 82.2 Å². The van der Waals surface area contributed by atoms with Crippen molar-refractivity contribution in [3.63, 3.8) is 0 Å². The largest absolute Gasteiger partial charge is 0.467 e. The maximum absolute atomic E-state index is 13.5. The number of unbranched alkanes of at least 4 members (excludes halogenated alkanes) is 5. The van der Waals surface area contributed by atoms with Crippen molar-refractivity contribution >= 4 is 64.4 Å². The fraction of sp³-hybridized carbons (Fsp3) is 0.791. The summed E-state index contributed by atoms with van der Waals surface area (Å²) in [5, 5.41) is 44.0. The highest BCUT2D eigenvalue weighted by atomic mass is 32.2. The average molecular weight is 979 g/mol. The van der Waals surface area contributed by atoms with Gasteiger partial charge in [-0.05, 0) is 99.3 Å². The summed E-state index contributed by atoms with van der Waals surface area (Å²) in [5.74, 6) is -5.12. The Bertz CT molecular complexity index is 1690. The first-order valence-corrected chi connectivity index (χ1v) is 23.2. The molecule has 0 aromatic rings. The predicted octanol–water partition coefficient (Wildman–Crippen LogP) is 0.849. The van der Waals surface area contributed by atoms with Gasteiger partial charge in [-0.2, -0.15) is 0 Å². The number of esters is 1. The molecule has 1 fully saturated rings. The quantitative estimate of drug-likeness (QED) is 0.0238. The summed E-state index contributed by atoms with van der Waals surface area (Å²) in [6, 6.07) is -4.44. The number of ketones is 1. The van der Waals surface area contributed by atoms with Gasteiger partial charge in [0.15, 0.2) is 10.9 Å². The van der Waals surface area contributed by atoms with Crippen LogP contribution in [-0.2, 0) is 57.2 Å². The van der Waals surface area contributed by atoms with E-state index in [-0.39, 0.29) is 56.8 Å². The third kappa shape index (κ3) is 23.8. The van der Waals surface area contributed by atoms with Crippen LogP contribution in [-0.4, -0.2) is 153 Å². The Morgan fingerprint density at radius 2 is 1.30 bits per heavy atom. The maximum Gasteiger partial charge on any atom is 0.407 e. The van der Waals surface area contributed by atoms with Crippen molar-refractivity contribution in [3.8, 4) is 0 Å². The lowest BCUT2D eigenvalue weighted by Gasteiger charge is -2.49. The van der Waals surface area contributed by atoms with Crippen LogP contribution in [0, 0.1) is 0 Å². The molecule has 1 rings (SSSR count). The van der Waals surface area contributed by atoms with Gasteiger partial charge in [0.05, 0.1) is 7.11 Å². The number of hydrogen-bond donors (Lipinski definition) is 9. The third-order valence-electron chi connectivity index (χ3n) is 9.67. The summed E-state index contributed by atoms with van der Waals surface area (Å²) in [6.07, 6.45) is -8.25. The second-order valence-corrected chi connectivity index (χ2v) is 19.4. The van der Waals surface area contributed by atoms with Crippen LogP contribution in [0.2, 0.25) is 0 Å². The number of rotatable bonds is 27. The van der Waals surface area contributed by atoms with E-state index in [9.17, 15) is 58.5 Å². The smallest absolute Gasteiger partial charge is 0.407 e. The fourth-order valence-electron chi connectivity index (χ4n) is 6.39. The molecule has 10 N–H and O–H groups in total. The number of amides is 6. The van der Waals surface area contributed by atoms with Crippen molar-refractivity contribution in [2.75, 3.05) is 20.2 Å². The van der Waals surface area contributed by atoms with Crippen molar-refractivity contribution in [1.29, 1.82) is 0 Å². The molecular weight excluding hydrogens is 905 g/mol. The van der Waals surface area contributed by atoms with Gasteiger partial charge in [-0.15, -0.1) is 0 Å². The molecule has 67 heavy (non-hydrogen) atoms. The Labute approximate surface area is 396 Å². The zero-order chi connectivity index (χ0) is 51.3. The summed E-state index contributed by atoms with van der Waals surface area (Å²) in [5.41, 5.74) is 3.81. The summed E-state index contributed by atoms with van der Waals surface area (Å²) >= 11 is 0.220. The number of alkyl carbamates (subject to hydrolysis) is 2. The molecule has 0 spiro atoms. The number of hydrogen-bond acceptors (Lipinski definition) is 18. The van der Waals surface area contributed by atoms with Crippen LogP contribution in [0.5, 0.6) is 0 Å². The van der Waals surface area contributed by atoms with E-state index in [1.807, 2.05) is 0 Å². The third-order valence-corrected chi connectivity index (χ3v) is 10.7. The average Bonchev–Trinajstić information content (AvgIpc) is 3.20. The molecule has 6 amide bonds. The molecule has 1 aliphatic heterocycles. The highest BCUT2D eigenvalue weighted by Crippen LogP contribution is 2.41. The lowest BCUT2D eigenvalue weighted by molar-refractivity contribution is -0.291. The predicted molar refractivity (Wildman–Crippen MR) is 241 cm³/mol. The first-order valence-electron chi connectivity index (χ1n) is 22.3. The van der Waals surface area contributed by atoms with E-state index in [4.69, 9.17) is 24.7 Å². The van der Waals surface area contributed by atoms with Crippen molar-refractivity contribution in [3.05, 3.63) is 0 Å². The Balaban J connectivity index is 3.25. The molecular formula is C43H74N6O17S. The molecule has 0 saturated carbocycles. The number of methoxy groups -OCH3 is 1. The van der Waals surface area contributed by atoms with Gasteiger partial charge < -0.3 is 71.3 Å². The first-order chi connectivity index (χ1) is 31.0. The van der Waals surface area contributed by atoms with Crippen molar-refractivity contribution in [2.45, 2.75) is 198 Å². The molecule has 23 nitrogen and oxygen atoms in total. The summed E-state index contributed by atoms with van der Waals surface area (Å²) < 4.78 is 26.8. The van der Waals surface area contributed by atoms with Crippen LogP contribution in [0.1, 0.15) is 133 Å². The van der Waals surface area contributed by atoms with Gasteiger partial charge in [0.2, 0.25) is 28.7 Å². The van der Waals surface area contributed by atoms with E-state index in [0.29, 0.717) is 32.2 Å². The van der Waals surface area contributed by atoms with E-state index in [1.165, 1.54) is 13.8 Å². The van der Waals surface area contributed by atoms with E-state index in [1.54, 1.807) is 41.5 Å². The van der Waals surface area contributed by atoms with Gasteiger partial charge in [-0.25, -0.2) is 14.4 Å². The van der Waals surface area contributed by atoms with Gasteiger partial charge in [-0.1, -0.05) is 19.3 Å². The molecule has 0 aromatic heterocycles. The Morgan fingerprint density at radius 3 is 1.82 bits per heavy atom. The fourth-order valence-corrected chi connectivity index (χ4v) is 7.44. The van der Waals surface area contributed by atoms with Crippen molar-refractivity contribution in [2.24, 2.45) is 5.73 Å². The van der Waals surface area contributed by atoms with Gasteiger partial charge in [0.1, 0.15) is 59.8 Å². The SMILES string of the molecule is COC(=O)[C@@H](CCC(N)=O)NC(=O)[C@H](C)NC(=O)[C@@H](C)O[C@H]1[C@H](O)[C@@H](C(O)C(=O)CCCCNC(=O)OC(C)(C)C)OC(O)(SC(=O)CCCCCCCNC(=O)OC(C)(C)C)[C@@H]1NC(C)=O. The molecule has 2 unspecified atom stereocenters. The number of thioether (sulfide) groups is 1. The molecule has 0 aromatic carbocycles. The topological polar surface area (TPSA) is 347 Å². The highest BCUT2D eigenvalue weighted by Gasteiger charge is 2.59. The second kappa shape index (κ2) is 28.6. The Hall–Kier alpha value is -4.62. The van der Waals surface area contributed by atoms with Gasteiger partial charge >= 0.3 is 18.2 Å². The second-order valence-electron chi connectivity index (χ2n) is 18.2. The van der Waals surface area contributed by atoms with E-state index in [2.05, 4.69) is 31.3 Å². The van der Waals surface area contributed by atoms with Gasteiger partial charge in [0, 0.05) is 39.3 Å². The molecule has 9 atom stereocenters. The standard InChI is InChI=1S/C43H74N6O17S/c1-24(36(56)49-27(38(58)62-10)20-21-29(44)52)47-37(57)25(2)63-34-32(55)33(31(54)28(51)18-15-17-23-46-40(60)66-42(7,8)9)64-43(61,35(34)48-26(3)50)67-30(53)19-14-12-11-13-16-22-45-39(59)65-41(4,5)6/h24-25,27,31-35,54-55,61H,11-23H2,1-10H3,(H2,44,52)(H,45,59)(H,46,60)(H,47,57)(H,48,50)(H,49,56)/t24-,25+,27+,31?,32+,33+,34-,35+,43?/m0/s1. The van der Waals surface area contributed by atoms with Crippen LogP contribution in [0.4, 0.5) is 9.59 Å². The monoisotopic (exact) mass is 978 g/mol. The minimum Gasteiger partial charge on any atom is -0.467 e. The van der Waals surface area contributed by atoms with Crippen LogP contribution < -0.4 is 32.3 Å². The zero-order valence-corrected chi connectivity index (χ0v) is 41.2. The van der Waals surface area contributed by atoms with E-state index < -0.39 is 118 Å². The number of carbonyl (C=O) groups excluding carboxylic acids is 9. The number of nitrogens with two attached hydrogens (primary N) is 1. The van der Waals surface area contributed by atoms with E-state index in [0.717, 1.165) is 20.5 Å². The molecule has 1 heterocycles. The molecule has 0 bridgehead atoms. The number of aliphatic hydroxyl groups is 3. The molecule has 1 saturated heterocycles. The lowest BCUT2D eigenvalue weighted by Crippen LogP contribution is -2.72. The number of carbonyl (C=O) groups is 9. The molecule has 384 valence electrons. The van der Waals surface area contributed by atoms with Crippen LogP contribution in [0.25, 0.3) is 0 Å².